The number of terminal acetylenes is 1. The van der Waals surface area contributed by atoms with E-state index in [1.807, 2.05) is 0 Å². The SMILES string of the molecule is C#CCCCC1CC(C)(C)CCC1CNC1CC1. The molecule has 2 atom stereocenters. The topological polar surface area (TPSA) is 12.0 Å². The molecule has 0 aliphatic heterocycles. The molecule has 1 nitrogen and oxygen atoms in total. The third-order valence-corrected chi connectivity index (χ3v) is 4.82. The first-order chi connectivity index (χ1) is 8.61. The summed E-state index contributed by atoms with van der Waals surface area (Å²) in [4.78, 5) is 0. The standard InChI is InChI=1S/C17H29N/c1-4-5-6-7-14-12-17(2,3)11-10-15(14)13-18-16-8-9-16/h1,14-16,18H,5-13H2,2-3H3. The molecular weight excluding hydrogens is 218 g/mol. The van der Waals surface area contributed by atoms with Gasteiger partial charge in [0.05, 0.1) is 0 Å². The van der Waals surface area contributed by atoms with Crippen molar-refractivity contribution in [3.63, 3.8) is 0 Å². The molecule has 0 aromatic rings. The molecule has 2 rings (SSSR count). The molecule has 102 valence electrons. The molecule has 0 saturated heterocycles. The van der Waals surface area contributed by atoms with E-state index in [9.17, 15) is 0 Å². The summed E-state index contributed by atoms with van der Waals surface area (Å²) >= 11 is 0. The summed E-state index contributed by atoms with van der Waals surface area (Å²) in [6.07, 6.45) is 15.9. The average molecular weight is 247 g/mol. The maximum Gasteiger partial charge on any atom is 0.00861 e. The average Bonchev–Trinajstić information content (AvgIpc) is 3.11. The Morgan fingerprint density at radius 1 is 1.22 bits per heavy atom. The van der Waals surface area contributed by atoms with Crippen LogP contribution in [0.5, 0.6) is 0 Å². The molecule has 0 aromatic heterocycles. The van der Waals surface area contributed by atoms with Gasteiger partial charge in [-0.1, -0.05) is 13.8 Å². The van der Waals surface area contributed by atoms with Gasteiger partial charge in [-0.15, -0.1) is 12.3 Å². The fourth-order valence-corrected chi connectivity index (χ4v) is 3.47. The number of unbranched alkanes of at least 4 members (excludes halogenated alkanes) is 1. The monoisotopic (exact) mass is 247 g/mol. The van der Waals surface area contributed by atoms with Gasteiger partial charge in [-0.25, -0.2) is 0 Å². The van der Waals surface area contributed by atoms with E-state index in [4.69, 9.17) is 6.42 Å². The van der Waals surface area contributed by atoms with Crippen LogP contribution in [0.3, 0.4) is 0 Å². The summed E-state index contributed by atoms with van der Waals surface area (Å²) in [6.45, 7) is 6.12. The van der Waals surface area contributed by atoms with Crippen LogP contribution in [0.15, 0.2) is 0 Å². The summed E-state index contributed by atoms with van der Waals surface area (Å²) < 4.78 is 0. The molecule has 0 heterocycles. The molecule has 2 unspecified atom stereocenters. The minimum Gasteiger partial charge on any atom is -0.314 e. The lowest BCUT2D eigenvalue weighted by Crippen LogP contribution is -2.36. The fourth-order valence-electron chi connectivity index (χ4n) is 3.47. The van der Waals surface area contributed by atoms with E-state index >= 15 is 0 Å². The summed E-state index contributed by atoms with van der Waals surface area (Å²) in [5, 5.41) is 3.73. The van der Waals surface area contributed by atoms with E-state index in [2.05, 4.69) is 25.1 Å². The molecular formula is C17H29N. The third kappa shape index (κ3) is 4.32. The quantitative estimate of drug-likeness (QED) is 0.553. The van der Waals surface area contributed by atoms with Crippen LogP contribution in [0.4, 0.5) is 0 Å². The molecule has 0 aromatic carbocycles. The van der Waals surface area contributed by atoms with Gasteiger partial charge in [-0.3, -0.25) is 0 Å². The second-order valence-electron chi connectivity index (χ2n) is 7.21. The first-order valence-corrected chi connectivity index (χ1v) is 7.77. The lowest BCUT2D eigenvalue weighted by molar-refractivity contribution is 0.108. The minimum absolute atomic E-state index is 0.552. The van der Waals surface area contributed by atoms with Crippen molar-refractivity contribution >= 4 is 0 Å². The summed E-state index contributed by atoms with van der Waals surface area (Å²) in [5.41, 5.74) is 0.552. The first-order valence-electron chi connectivity index (χ1n) is 7.77. The minimum atomic E-state index is 0.552. The Labute approximate surface area is 113 Å². The van der Waals surface area contributed by atoms with Crippen molar-refractivity contribution in [1.29, 1.82) is 0 Å². The predicted molar refractivity (Wildman–Crippen MR) is 78.3 cm³/mol. The molecule has 2 aliphatic rings. The zero-order chi connectivity index (χ0) is 13.0. The Hall–Kier alpha value is -0.480. The summed E-state index contributed by atoms with van der Waals surface area (Å²) in [6, 6.07) is 0.853. The van der Waals surface area contributed by atoms with Crippen LogP contribution in [0.25, 0.3) is 0 Å². The van der Waals surface area contributed by atoms with Crippen molar-refractivity contribution in [2.75, 3.05) is 6.54 Å². The maximum absolute atomic E-state index is 5.38. The highest BCUT2D eigenvalue weighted by atomic mass is 14.9. The van der Waals surface area contributed by atoms with Gasteiger partial charge < -0.3 is 5.32 Å². The van der Waals surface area contributed by atoms with Crippen LogP contribution in [0, 0.1) is 29.6 Å². The van der Waals surface area contributed by atoms with Crippen molar-refractivity contribution in [2.24, 2.45) is 17.3 Å². The molecule has 1 heteroatoms. The van der Waals surface area contributed by atoms with E-state index in [0.29, 0.717) is 5.41 Å². The molecule has 0 spiro atoms. The van der Waals surface area contributed by atoms with Crippen LogP contribution >= 0.6 is 0 Å². The van der Waals surface area contributed by atoms with Crippen LogP contribution in [-0.4, -0.2) is 12.6 Å². The van der Waals surface area contributed by atoms with Gasteiger partial charge in [0.1, 0.15) is 0 Å². The number of hydrogen-bond donors (Lipinski definition) is 1. The number of hydrogen-bond acceptors (Lipinski definition) is 1. The van der Waals surface area contributed by atoms with Crippen LogP contribution in [-0.2, 0) is 0 Å². The van der Waals surface area contributed by atoms with Gasteiger partial charge in [-0.2, -0.15) is 0 Å². The molecule has 0 amide bonds. The van der Waals surface area contributed by atoms with E-state index in [1.54, 1.807) is 0 Å². The van der Waals surface area contributed by atoms with Crippen molar-refractivity contribution in [2.45, 2.75) is 71.3 Å². The van der Waals surface area contributed by atoms with E-state index in [-0.39, 0.29) is 0 Å². The highest BCUT2D eigenvalue weighted by Gasteiger charge is 2.35. The zero-order valence-corrected chi connectivity index (χ0v) is 12.2. The Morgan fingerprint density at radius 2 is 2.00 bits per heavy atom. The fraction of sp³-hybridized carbons (Fsp3) is 0.882. The molecule has 2 fully saturated rings. The van der Waals surface area contributed by atoms with Crippen LogP contribution in [0.2, 0.25) is 0 Å². The van der Waals surface area contributed by atoms with Crippen LogP contribution in [0.1, 0.15) is 65.2 Å². The molecule has 18 heavy (non-hydrogen) atoms. The van der Waals surface area contributed by atoms with E-state index in [1.165, 1.54) is 51.5 Å². The van der Waals surface area contributed by atoms with Crippen molar-refractivity contribution in [3.8, 4) is 12.3 Å². The maximum atomic E-state index is 5.38. The second-order valence-corrected chi connectivity index (χ2v) is 7.21. The lowest BCUT2D eigenvalue weighted by atomic mass is 9.66. The Balaban J connectivity index is 1.81. The highest BCUT2D eigenvalue weighted by molar-refractivity contribution is 4.90. The van der Waals surface area contributed by atoms with Gasteiger partial charge in [0, 0.05) is 12.5 Å². The molecule has 2 aliphatic carbocycles. The largest absolute Gasteiger partial charge is 0.314 e. The Kier molecular flexibility index (Phi) is 4.73. The van der Waals surface area contributed by atoms with Crippen molar-refractivity contribution in [3.05, 3.63) is 0 Å². The summed E-state index contributed by atoms with van der Waals surface area (Å²) in [5.74, 6) is 4.58. The number of rotatable bonds is 6. The van der Waals surface area contributed by atoms with E-state index < -0.39 is 0 Å². The van der Waals surface area contributed by atoms with Crippen molar-refractivity contribution in [1.82, 2.24) is 5.32 Å². The highest BCUT2D eigenvalue weighted by Crippen LogP contribution is 2.43. The molecule has 2 saturated carbocycles. The normalized spacial score (nSPS) is 30.9. The van der Waals surface area contributed by atoms with Crippen molar-refractivity contribution < 1.29 is 0 Å². The van der Waals surface area contributed by atoms with E-state index in [0.717, 1.165) is 24.3 Å². The van der Waals surface area contributed by atoms with Gasteiger partial charge in [0.25, 0.3) is 0 Å². The lowest BCUT2D eigenvalue weighted by Gasteiger charge is -2.41. The predicted octanol–water partition coefficient (Wildman–Crippen LogP) is 3.98. The first kappa shape index (κ1) is 13.9. The van der Waals surface area contributed by atoms with Gasteiger partial charge in [0.15, 0.2) is 0 Å². The van der Waals surface area contributed by atoms with Gasteiger partial charge in [-0.05, 0) is 68.7 Å². The smallest absolute Gasteiger partial charge is 0.00861 e. The molecule has 0 bridgehead atoms. The second kappa shape index (κ2) is 6.11. The van der Waals surface area contributed by atoms with Crippen LogP contribution < -0.4 is 5.32 Å². The third-order valence-electron chi connectivity index (χ3n) is 4.82. The summed E-state index contributed by atoms with van der Waals surface area (Å²) in [7, 11) is 0. The number of nitrogens with one attached hydrogen (secondary N) is 1. The Morgan fingerprint density at radius 3 is 2.67 bits per heavy atom. The molecule has 1 N–H and O–H groups in total. The zero-order valence-electron chi connectivity index (χ0n) is 12.2. The Bertz CT molecular complexity index is 293. The molecule has 0 radical (unpaired) electrons. The van der Waals surface area contributed by atoms with Gasteiger partial charge >= 0.3 is 0 Å². The van der Waals surface area contributed by atoms with Gasteiger partial charge in [0.2, 0.25) is 0 Å².